The van der Waals surface area contributed by atoms with E-state index in [0.717, 1.165) is 32.1 Å². The topological polar surface area (TPSA) is 71.3 Å². The summed E-state index contributed by atoms with van der Waals surface area (Å²) in [6, 6.07) is 7.18. The Labute approximate surface area is 179 Å². The normalized spacial score (nSPS) is 31.7. The standard InChI is InChI=1S/C23H24ClFN2O3/c1-27-18(21(28)15-4-2-3-5-17(15)25)8-16(24)20(27)22(29)26-19-13-6-12-7-14(19)11-23(30,9-12)10-13/h2-5,8,12-14,19,30H,6-7,9-11H2,1H3,(H,26,29). The number of aliphatic hydroxyl groups is 1. The largest absolute Gasteiger partial charge is 0.390 e. The van der Waals surface area contributed by atoms with E-state index in [0.29, 0.717) is 5.92 Å². The van der Waals surface area contributed by atoms with Gasteiger partial charge in [0.1, 0.15) is 11.5 Å². The third-order valence-electron chi connectivity index (χ3n) is 7.29. The first kappa shape index (κ1) is 19.8. The first-order valence-electron chi connectivity index (χ1n) is 10.4. The Balaban J connectivity index is 1.40. The second kappa shape index (κ2) is 6.92. The van der Waals surface area contributed by atoms with Crippen LogP contribution in [0.2, 0.25) is 5.02 Å². The molecule has 0 spiro atoms. The van der Waals surface area contributed by atoms with Crippen LogP contribution in [0.5, 0.6) is 0 Å². The molecule has 7 heteroatoms. The number of ketones is 1. The lowest BCUT2D eigenvalue weighted by molar-refractivity contribution is -0.137. The minimum Gasteiger partial charge on any atom is -0.390 e. The van der Waals surface area contributed by atoms with Gasteiger partial charge in [-0.05, 0) is 68.1 Å². The quantitative estimate of drug-likeness (QED) is 0.726. The Hall–Kier alpha value is -2.18. The summed E-state index contributed by atoms with van der Waals surface area (Å²) in [6.07, 6.45) is 4.39. The molecule has 1 amide bonds. The van der Waals surface area contributed by atoms with Crippen LogP contribution in [0.15, 0.2) is 30.3 Å². The van der Waals surface area contributed by atoms with E-state index in [-0.39, 0.29) is 45.8 Å². The Morgan fingerprint density at radius 2 is 1.87 bits per heavy atom. The molecule has 0 aliphatic heterocycles. The monoisotopic (exact) mass is 430 g/mol. The Morgan fingerprint density at radius 3 is 2.50 bits per heavy atom. The molecule has 30 heavy (non-hydrogen) atoms. The third kappa shape index (κ3) is 3.08. The second-order valence-electron chi connectivity index (χ2n) is 9.29. The van der Waals surface area contributed by atoms with Crippen LogP contribution in [-0.4, -0.2) is 33.0 Å². The van der Waals surface area contributed by atoms with Crippen molar-refractivity contribution < 1.29 is 19.1 Å². The number of hydrogen-bond acceptors (Lipinski definition) is 3. The third-order valence-corrected chi connectivity index (χ3v) is 7.58. The van der Waals surface area contributed by atoms with Crippen LogP contribution in [0.1, 0.15) is 58.6 Å². The predicted molar refractivity (Wildman–Crippen MR) is 110 cm³/mol. The van der Waals surface area contributed by atoms with Crippen molar-refractivity contribution in [1.82, 2.24) is 9.88 Å². The maximum atomic E-state index is 14.1. The average Bonchev–Trinajstić information content (AvgIpc) is 2.97. The second-order valence-corrected chi connectivity index (χ2v) is 9.69. The Morgan fingerprint density at radius 1 is 1.20 bits per heavy atom. The van der Waals surface area contributed by atoms with Crippen LogP contribution in [0.4, 0.5) is 4.39 Å². The van der Waals surface area contributed by atoms with Gasteiger partial charge in [-0.15, -0.1) is 0 Å². The molecule has 2 N–H and O–H groups in total. The zero-order valence-corrected chi connectivity index (χ0v) is 17.5. The number of halogens is 2. The number of hydrogen-bond donors (Lipinski definition) is 2. The van der Waals surface area contributed by atoms with E-state index in [9.17, 15) is 19.1 Å². The summed E-state index contributed by atoms with van der Waals surface area (Å²) >= 11 is 6.34. The molecule has 1 heterocycles. The van der Waals surface area contributed by atoms with Crippen molar-refractivity contribution in [2.75, 3.05) is 0 Å². The molecule has 2 unspecified atom stereocenters. The zero-order chi connectivity index (χ0) is 21.2. The van der Waals surface area contributed by atoms with Gasteiger partial charge in [0.05, 0.1) is 21.9 Å². The van der Waals surface area contributed by atoms with Gasteiger partial charge >= 0.3 is 0 Å². The van der Waals surface area contributed by atoms with E-state index in [1.165, 1.54) is 28.8 Å². The van der Waals surface area contributed by atoms with Crippen LogP contribution in [0.3, 0.4) is 0 Å². The van der Waals surface area contributed by atoms with Crippen LogP contribution in [0, 0.1) is 23.6 Å². The summed E-state index contributed by atoms with van der Waals surface area (Å²) in [5.74, 6) is -0.387. The molecule has 4 fully saturated rings. The number of nitrogens with one attached hydrogen (secondary N) is 1. The molecular formula is C23H24ClFN2O3. The predicted octanol–water partition coefficient (Wildman–Crippen LogP) is 3.72. The van der Waals surface area contributed by atoms with E-state index in [2.05, 4.69) is 5.32 Å². The molecule has 6 rings (SSSR count). The lowest BCUT2D eigenvalue weighted by Crippen LogP contribution is -2.61. The van der Waals surface area contributed by atoms with Gasteiger partial charge < -0.3 is 15.0 Å². The fourth-order valence-electron chi connectivity index (χ4n) is 6.26. The molecule has 4 saturated carbocycles. The SMILES string of the molecule is Cn1c(C(=O)c2ccccc2F)cc(Cl)c1C(=O)NC1C2CC3CC1CC(O)(C3)C2. The lowest BCUT2D eigenvalue weighted by Gasteiger charge is -2.58. The van der Waals surface area contributed by atoms with Crippen LogP contribution >= 0.6 is 11.6 Å². The number of nitrogens with zero attached hydrogens (tertiary/aromatic N) is 1. The van der Waals surface area contributed by atoms with Crippen LogP contribution in [-0.2, 0) is 7.05 Å². The Bertz CT molecular complexity index is 1030. The highest BCUT2D eigenvalue weighted by molar-refractivity contribution is 6.34. The first-order valence-corrected chi connectivity index (χ1v) is 10.8. The smallest absolute Gasteiger partial charge is 0.269 e. The van der Waals surface area contributed by atoms with Gasteiger partial charge in [0.25, 0.3) is 5.91 Å². The molecule has 0 radical (unpaired) electrons. The van der Waals surface area contributed by atoms with E-state index in [1.54, 1.807) is 13.1 Å². The van der Waals surface area contributed by atoms with Gasteiger partial charge in [-0.1, -0.05) is 23.7 Å². The zero-order valence-electron chi connectivity index (χ0n) is 16.7. The fourth-order valence-corrected chi connectivity index (χ4v) is 6.58. The molecule has 0 saturated heterocycles. The molecule has 4 aliphatic carbocycles. The highest BCUT2D eigenvalue weighted by Crippen LogP contribution is 2.55. The van der Waals surface area contributed by atoms with Crippen molar-refractivity contribution in [3.05, 3.63) is 58.1 Å². The van der Waals surface area contributed by atoms with Crippen molar-refractivity contribution in [1.29, 1.82) is 0 Å². The van der Waals surface area contributed by atoms with Crippen LogP contribution < -0.4 is 5.32 Å². The van der Waals surface area contributed by atoms with E-state index in [1.807, 2.05) is 0 Å². The van der Waals surface area contributed by atoms with Crippen molar-refractivity contribution in [3.63, 3.8) is 0 Å². The van der Waals surface area contributed by atoms with Gasteiger partial charge in [0.2, 0.25) is 5.78 Å². The number of carbonyl (C=O) groups is 2. The number of rotatable bonds is 4. The number of carbonyl (C=O) groups excluding carboxylic acids is 2. The lowest BCUT2D eigenvalue weighted by atomic mass is 9.52. The van der Waals surface area contributed by atoms with Gasteiger partial charge in [0.15, 0.2) is 0 Å². The van der Waals surface area contributed by atoms with E-state index < -0.39 is 17.2 Å². The minimum absolute atomic E-state index is 0.00557. The van der Waals surface area contributed by atoms with E-state index >= 15 is 0 Å². The summed E-state index contributed by atoms with van der Waals surface area (Å²) in [4.78, 5) is 26.0. The van der Waals surface area contributed by atoms with Crippen molar-refractivity contribution >= 4 is 23.3 Å². The molecule has 2 aromatic rings. The molecule has 158 valence electrons. The molecule has 1 aromatic heterocycles. The van der Waals surface area contributed by atoms with Gasteiger partial charge in [0, 0.05) is 13.1 Å². The molecule has 4 bridgehead atoms. The molecule has 1 aromatic carbocycles. The molecule has 5 nitrogen and oxygen atoms in total. The number of aromatic nitrogens is 1. The van der Waals surface area contributed by atoms with Gasteiger partial charge in [-0.25, -0.2) is 4.39 Å². The maximum Gasteiger partial charge on any atom is 0.269 e. The van der Waals surface area contributed by atoms with Gasteiger partial charge in [-0.3, -0.25) is 9.59 Å². The van der Waals surface area contributed by atoms with E-state index in [4.69, 9.17) is 11.6 Å². The maximum absolute atomic E-state index is 14.1. The summed E-state index contributed by atoms with van der Waals surface area (Å²) < 4.78 is 15.5. The molecule has 4 aliphatic rings. The highest BCUT2D eigenvalue weighted by Gasteiger charge is 2.55. The summed E-state index contributed by atoms with van der Waals surface area (Å²) in [6.45, 7) is 0. The van der Waals surface area contributed by atoms with Crippen LogP contribution in [0.25, 0.3) is 0 Å². The summed E-state index contributed by atoms with van der Waals surface area (Å²) in [5, 5.41) is 14.1. The van der Waals surface area contributed by atoms with Crippen molar-refractivity contribution in [3.8, 4) is 0 Å². The minimum atomic E-state index is -0.614. The average molecular weight is 431 g/mol. The Kier molecular flexibility index (Phi) is 4.56. The molecule has 2 atom stereocenters. The highest BCUT2D eigenvalue weighted by atomic mass is 35.5. The first-order chi connectivity index (χ1) is 14.3. The summed E-state index contributed by atoms with van der Waals surface area (Å²) in [5.41, 5.74) is -0.269. The number of benzene rings is 1. The van der Waals surface area contributed by atoms with Crippen molar-refractivity contribution in [2.24, 2.45) is 24.8 Å². The molecular weight excluding hydrogens is 407 g/mol. The summed E-state index contributed by atoms with van der Waals surface area (Å²) in [7, 11) is 1.59. The number of amides is 1. The van der Waals surface area contributed by atoms with Crippen molar-refractivity contribution in [2.45, 2.75) is 43.7 Å². The van der Waals surface area contributed by atoms with Gasteiger partial charge in [-0.2, -0.15) is 0 Å². The fraction of sp³-hybridized carbons (Fsp3) is 0.478.